The summed E-state index contributed by atoms with van der Waals surface area (Å²) in [5.74, 6) is -0.456. The van der Waals surface area contributed by atoms with E-state index >= 15 is 0 Å². The van der Waals surface area contributed by atoms with Crippen LogP contribution in [-0.4, -0.2) is 5.91 Å². The van der Waals surface area contributed by atoms with Gasteiger partial charge >= 0.3 is 0 Å². The molecule has 1 amide bonds. The van der Waals surface area contributed by atoms with Gasteiger partial charge in [-0.05, 0) is 23.7 Å². The SMILES string of the molecule is O=C(Nc1c(Cl)cc(Cl)c2c1N=S=N2)c1ccoc1Cl. The van der Waals surface area contributed by atoms with E-state index in [1.165, 1.54) is 18.4 Å². The molecule has 0 unspecified atom stereocenters. The lowest BCUT2D eigenvalue weighted by molar-refractivity contribution is 0.102. The molecule has 1 N–H and O–H groups in total. The van der Waals surface area contributed by atoms with Gasteiger partial charge in [0.15, 0.2) is 0 Å². The number of fused-ring (bicyclic) bond motifs is 1. The van der Waals surface area contributed by atoms with Gasteiger partial charge in [0.05, 0.1) is 38.9 Å². The molecule has 0 aliphatic carbocycles. The minimum absolute atomic E-state index is 0.000215. The number of anilines is 1. The zero-order valence-electron chi connectivity index (χ0n) is 9.49. The minimum atomic E-state index is -0.456. The van der Waals surface area contributed by atoms with Crippen molar-refractivity contribution >= 4 is 69.1 Å². The Bertz CT molecular complexity index is 796. The molecule has 3 rings (SSSR count). The number of furan rings is 1. The minimum Gasteiger partial charge on any atom is -0.452 e. The van der Waals surface area contributed by atoms with Crippen molar-refractivity contribution in [2.24, 2.45) is 8.73 Å². The number of carbonyl (C=O) groups is 1. The second-order valence-electron chi connectivity index (χ2n) is 3.74. The van der Waals surface area contributed by atoms with E-state index in [1.807, 2.05) is 0 Å². The van der Waals surface area contributed by atoms with E-state index in [9.17, 15) is 4.79 Å². The highest BCUT2D eigenvalue weighted by molar-refractivity contribution is 7.58. The van der Waals surface area contributed by atoms with Crippen LogP contribution < -0.4 is 5.32 Å². The number of halogens is 3. The Balaban J connectivity index is 2.01. The van der Waals surface area contributed by atoms with E-state index in [2.05, 4.69) is 14.0 Å². The largest absolute Gasteiger partial charge is 0.452 e. The van der Waals surface area contributed by atoms with Crippen LogP contribution in [0.25, 0.3) is 0 Å². The number of hydrogen-bond donors (Lipinski definition) is 1. The number of nitrogens with zero attached hydrogens (tertiary/aromatic N) is 2. The van der Waals surface area contributed by atoms with Gasteiger partial charge in [0.25, 0.3) is 5.91 Å². The molecule has 2 heterocycles. The fraction of sp³-hybridized carbons (Fsp3) is 0. The Kier molecular flexibility index (Phi) is 3.55. The van der Waals surface area contributed by atoms with Crippen molar-refractivity contribution in [3.8, 4) is 0 Å². The number of benzene rings is 1. The molecule has 1 aromatic heterocycles. The molecule has 0 spiro atoms. The van der Waals surface area contributed by atoms with E-state index in [-0.39, 0.29) is 15.8 Å². The fourth-order valence-corrected chi connectivity index (χ4v) is 2.99. The van der Waals surface area contributed by atoms with Gasteiger partial charge in [0, 0.05) is 0 Å². The normalized spacial score (nSPS) is 12.2. The van der Waals surface area contributed by atoms with Crippen LogP contribution in [0.4, 0.5) is 17.1 Å². The van der Waals surface area contributed by atoms with Crippen molar-refractivity contribution in [3.63, 3.8) is 0 Å². The summed E-state index contributed by atoms with van der Waals surface area (Å²) < 4.78 is 13.0. The molecule has 9 heteroatoms. The lowest BCUT2D eigenvalue weighted by atomic mass is 10.2. The van der Waals surface area contributed by atoms with Gasteiger partial charge < -0.3 is 9.73 Å². The second kappa shape index (κ2) is 5.21. The number of hydrogen-bond acceptors (Lipinski definition) is 4. The maximum Gasteiger partial charge on any atom is 0.260 e. The summed E-state index contributed by atoms with van der Waals surface area (Å²) in [6.45, 7) is 0. The lowest BCUT2D eigenvalue weighted by Gasteiger charge is -2.10. The van der Waals surface area contributed by atoms with Crippen molar-refractivity contribution in [2.45, 2.75) is 0 Å². The summed E-state index contributed by atoms with van der Waals surface area (Å²) in [5, 5.41) is 3.28. The van der Waals surface area contributed by atoms with Gasteiger partial charge in [0.2, 0.25) is 5.22 Å². The summed E-state index contributed by atoms with van der Waals surface area (Å²) >= 11 is 18.8. The summed E-state index contributed by atoms with van der Waals surface area (Å²) in [7, 11) is 0. The zero-order valence-corrected chi connectivity index (χ0v) is 12.6. The van der Waals surface area contributed by atoms with Gasteiger partial charge in [-0.3, -0.25) is 4.79 Å². The smallest absolute Gasteiger partial charge is 0.260 e. The monoisotopic (exact) mass is 347 g/mol. The van der Waals surface area contributed by atoms with E-state index < -0.39 is 5.91 Å². The zero-order chi connectivity index (χ0) is 14.3. The quantitative estimate of drug-likeness (QED) is 0.690. The first-order valence-electron chi connectivity index (χ1n) is 5.22. The molecule has 20 heavy (non-hydrogen) atoms. The average molecular weight is 349 g/mol. The van der Waals surface area contributed by atoms with Crippen LogP contribution in [-0.2, 0) is 11.4 Å². The van der Waals surface area contributed by atoms with Crippen LogP contribution in [0.3, 0.4) is 0 Å². The molecule has 1 aliphatic heterocycles. The molecule has 0 atom stereocenters. The molecule has 0 saturated heterocycles. The summed E-state index contributed by atoms with van der Waals surface area (Å²) in [6.07, 6.45) is 1.32. The number of carbonyl (C=O) groups excluding carboxylic acids is 1. The Morgan fingerprint density at radius 2 is 1.95 bits per heavy atom. The highest BCUT2D eigenvalue weighted by Crippen LogP contribution is 2.47. The first-order valence-corrected chi connectivity index (χ1v) is 7.09. The fourth-order valence-electron chi connectivity index (χ4n) is 1.63. The highest BCUT2D eigenvalue weighted by atomic mass is 35.5. The molecule has 102 valence electrons. The van der Waals surface area contributed by atoms with Gasteiger partial charge in [-0.1, -0.05) is 23.2 Å². The third-order valence-electron chi connectivity index (χ3n) is 2.54. The Labute approximate surface area is 131 Å². The van der Waals surface area contributed by atoms with Crippen molar-refractivity contribution in [2.75, 3.05) is 5.32 Å². The molecule has 0 radical (unpaired) electrons. The van der Waals surface area contributed by atoms with E-state index in [0.29, 0.717) is 22.1 Å². The van der Waals surface area contributed by atoms with E-state index in [0.717, 1.165) is 11.4 Å². The van der Waals surface area contributed by atoms with Gasteiger partial charge in [0.1, 0.15) is 11.4 Å². The summed E-state index contributed by atoms with van der Waals surface area (Å²) in [5.41, 5.74) is 1.45. The maximum atomic E-state index is 12.1. The molecule has 1 aliphatic rings. The van der Waals surface area contributed by atoms with Gasteiger partial charge in [-0.2, -0.15) is 8.73 Å². The van der Waals surface area contributed by atoms with Crippen LogP contribution in [0.2, 0.25) is 15.3 Å². The Morgan fingerprint density at radius 3 is 2.65 bits per heavy atom. The summed E-state index contributed by atoms with van der Waals surface area (Å²) in [6, 6.07) is 2.96. The molecule has 5 nitrogen and oxygen atoms in total. The highest BCUT2D eigenvalue weighted by Gasteiger charge is 2.22. The number of rotatable bonds is 2. The van der Waals surface area contributed by atoms with Crippen molar-refractivity contribution < 1.29 is 9.21 Å². The molecule has 0 fully saturated rings. The predicted molar refractivity (Wildman–Crippen MR) is 79.7 cm³/mol. The van der Waals surface area contributed by atoms with Crippen LogP contribution in [0, 0.1) is 0 Å². The molecular weight excluding hydrogens is 345 g/mol. The van der Waals surface area contributed by atoms with Crippen LogP contribution in [0.5, 0.6) is 0 Å². The molecule has 2 aromatic rings. The van der Waals surface area contributed by atoms with Crippen molar-refractivity contribution in [1.29, 1.82) is 0 Å². The first kappa shape index (κ1) is 13.6. The number of amides is 1. The molecule has 0 saturated carbocycles. The van der Waals surface area contributed by atoms with Crippen molar-refractivity contribution in [3.05, 3.63) is 39.2 Å². The topological polar surface area (TPSA) is 67.0 Å². The Hall–Kier alpha value is -1.34. The van der Waals surface area contributed by atoms with Crippen molar-refractivity contribution in [1.82, 2.24) is 0 Å². The third-order valence-corrected chi connectivity index (χ3v) is 3.95. The second-order valence-corrected chi connectivity index (χ2v) is 5.42. The average Bonchev–Trinajstić information content (AvgIpc) is 3.02. The van der Waals surface area contributed by atoms with Gasteiger partial charge in [-0.25, -0.2) is 0 Å². The first-order chi connectivity index (χ1) is 9.58. The third kappa shape index (κ3) is 2.25. The standard InChI is InChI=1S/C11H4Cl3N3O2S/c12-5-3-6(13)8-9(17-20-16-8)7(5)15-11(18)4-1-2-19-10(4)14/h1-3H,(H,15,18). The molecule has 0 bridgehead atoms. The summed E-state index contributed by atoms with van der Waals surface area (Å²) in [4.78, 5) is 12.1. The van der Waals surface area contributed by atoms with E-state index in [1.54, 1.807) is 0 Å². The molecule has 1 aromatic carbocycles. The maximum absolute atomic E-state index is 12.1. The Morgan fingerprint density at radius 1 is 1.20 bits per heavy atom. The van der Waals surface area contributed by atoms with Gasteiger partial charge in [-0.15, -0.1) is 0 Å². The van der Waals surface area contributed by atoms with Crippen LogP contribution in [0.1, 0.15) is 10.4 Å². The van der Waals surface area contributed by atoms with Crippen LogP contribution >= 0.6 is 34.8 Å². The number of nitrogens with one attached hydrogen (secondary N) is 1. The lowest BCUT2D eigenvalue weighted by Crippen LogP contribution is -2.12. The molecular formula is C11H4Cl3N3O2S. The van der Waals surface area contributed by atoms with E-state index in [4.69, 9.17) is 39.2 Å². The predicted octanol–water partition coefficient (Wildman–Crippen LogP) is 5.22. The van der Waals surface area contributed by atoms with Crippen LogP contribution in [0.15, 0.2) is 31.5 Å².